The van der Waals surface area contributed by atoms with E-state index in [0.29, 0.717) is 11.8 Å². The first-order valence-electron chi connectivity index (χ1n) is 8.75. The molecule has 1 aromatic carbocycles. The van der Waals surface area contributed by atoms with Gasteiger partial charge in [-0.3, -0.25) is 0 Å². The molecule has 0 amide bonds. The molecule has 3 heteroatoms. The van der Waals surface area contributed by atoms with Gasteiger partial charge in [-0.1, -0.05) is 25.1 Å². The second-order valence-corrected chi connectivity index (χ2v) is 7.09. The number of nitrogens with one attached hydrogen (secondary N) is 1. The maximum Gasteiger partial charge on any atom is 0.0620 e. The fraction of sp³-hybridized carbons (Fsp3) is 0.579. The molecule has 22 heavy (non-hydrogen) atoms. The van der Waals surface area contributed by atoms with Crippen molar-refractivity contribution in [3.63, 3.8) is 0 Å². The average molecular weight is 298 g/mol. The van der Waals surface area contributed by atoms with Gasteiger partial charge in [0, 0.05) is 36.2 Å². The molecule has 1 fully saturated rings. The molecule has 2 aromatic rings. The van der Waals surface area contributed by atoms with Crippen LogP contribution in [0.25, 0.3) is 10.9 Å². The standard InChI is InChI=1S/C19H26N2O/c1-2-13-11-21-10-9-16-15-5-3-4-6-17(15)20-18(16)8-7-14(12-21)19(13)22/h3-6,13-14,19-20,22H,2,7-12H2,1H3. The van der Waals surface area contributed by atoms with Gasteiger partial charge in [0.25, 0.3) is 0 Å². The molecule has 2 aliphatic rings. The van der Waals surface area contributed by atoms with E-state index in [-0.39, 0.29) is 6.10 Å². The van der Waals surface area contributed by atoms with E-state index in [1.54, 1.807) is 0 Å². The highest BCUT2D eigenvalue weighted by Gasteiger charge is 2.35. The summed E-state index contributed by atoms with van der Waals surface area (Å²) in [7, 11) is 0. The van der Waals surface area contributed by atoms with Gasteiger partial charge >= 0.3 is 0 Å². The minimum absolute atomic E-state index is 0.118. The normalized spacial score (nSPS) is 32.1. The summed E-state index contributed by atoms with van der Waals surface area (Å²) >= 11 is 0. The monoisotopic (exact) mass is 298 g/mol. The zero-order valence-corrected chi connectivity index (χ0v) is 13.4. The number of aliphatic hydroxyl groups excluding tert-OH is 1. The molecule has 3 nitrogen and oxygen atoms in total. The van der Waals surface area contributed by atoms with E-state index in [0.717, 1.165) is 45.3 Å². The molecule has 118 valence electrons. The number of aromatic amines is 1. The summed E-state index contributed by atoms with van der Waals surface area (Å²) in [6, 6.07) is 8.66. The lowest BCUT2D eigenvalue weighted by atomic mass is 9.82. The molecule has 0 saturated carbocycles. The molecule has 0 spiro atoms. The van der Waals surface area contributed by atoms with Gasteiger partial charge in [-0.25, -0.2) is 0 Å². The third-order valence-corrected chi connectivity index (χ3v) is 5.82. The van der Waals surface area contributed by atoms with Crippen molar-refractivity contribution >= 4 is 10.9 Å². The van der Waals surface area contributed by atoms with Crippen molar-refractivity contribution in [2.24, 2.45) is 11.8 Å². The molecule has 2 N–H and O–H groups in total. The fourth-order valence-electron chi connectivity index (χ4n) is 4.51. The first-order chi connectivity index (χ1) is 10.8. The Morgan fingerprint density at radius 1 is 1.23 bits per heavy atom. The summed E-state index contributed by atoms with van der Waals surface area (Å²) in [4.78, 5) is 6.22. The number of nitrogens with zero attached hydrogens (tertiary/aromatic N) is 1. The smallest absolute Gasteiger partial charge is 0.0620 e. The highest BCUT2D eigenvalue weighted by Crippen LogP contribution is 2.32. The van der Waals surface area contributed by atoms with Crippen LogP contribution in [-0.2, 0) is 12.8 Å². The maximum atomic E-state index is 10.6. The Kier molecular flexibility index (Phi) is 3.71. The highest BCUT2D eigenvalue weighted by molar-refractivity contribution is 5.84. The highest BCUT2D eigenvalue weighted by atomic mass is 16.3. The van der Waals surface area contributed by atoms with Crippen molar-refractivity contribution in [1.29, 1.82) is 0 Å². The van der Waals surface area contributed by atoms with Crippen LogP contribution in [0, 0.1) is 11.8 Å². The average Bonchev–Trinajstić information content (AvgIpc) is 2.91. The van der Waals surface area contributed by atoms with Crippen LogP contribution in [0.3, 0.4) is 0 Å². The van der Waals surface area contributed by atoms with Crippen LogP contribution >= 0.6 is 0 Å². The van der Waals surface area contributed by atoms with Gasteiger partial charge in [-0.05, 0) is 49.1 Å². The van der Waals surface area contributed by atoms with Gasteiger partial charge < -0.3 is 15.0 Å². The number of para-hydroxylation sites is 1. The van der Waals surface area contributed by atoms with Crippen molar-refractivity contribution in [3.05, 3.63) is 35.5 Å². The van der Waals surface area contributed by atoms with Crippen LogP contribution in [0.15, 0.2) is 24.3 Å². The van der Waals surface area contributed by atoms with Gasteiger partial charge in [0.15, 0.2) is 0 Å². The Hall–Kier alpha value is -1.32. The molecule has 2 bridgehead atoms. The van der Waals surface area contributed by atoms with Crippen LogP contribution in [0.5, 0.6) is 0 Å². The van der Waals surface area contributed by atoms with E-state index >= 15 is 0 Å². The molecule has 2 aliphatic heterocycles. The lowest BCUT2D eigenvalue weighted by Gasteiger charge is -2.41. The van der Waals surface area contributed by atoms with E-state index in [9.17, 15) is 5.11 Å². The molecule has 3 heterocycles. The minimum Gasteiger partial charge on any atom is -0.392 e. The minimum atomic E-state index is -0.118. The number of piperidine rings is 1. The Balaban J connectivity index is 1.68. The number of rotatable bonds is 1. The Labute approximate surface area is 132 Å². The van der Waals surface area contributed by atoms with Crippen LogP contribution in [-0.4, -0.2) is 40.7 Å². The lowest BCUT2D eigenvalue weighted by molar-refractivity contribution is -0.0251. The topological polar surface area (TPSA) is 39.3 Å². The second kappa shape index (κ2) is 5.71. The van der Waals surface area contributed by atoms with E-state index in [1.807, 2.05) is 0 Å². The quantitative estimate of drug-likeness (QED) is 0.849. The Morgan fingerprint density at radius 3 is 2.95 bits per heavy atom. The SMILES string of the molecule is CCC1CN2CCc3c([nH]c4ccccc34)CCC(C2)C1O. The summed E-state index contributed by atoms with van der Waals surface area (Å²) < 4.78 is 0. The van der Waals surface area contributed by atoms with E-state index < -0.39 is 0 Å². The number of H-pyrrole nitrogens is 1. The van der Waals surface area contributed by atoms with Crippen molar-refractivity contribution in [2.45, 2.75) is 38.7 Å². The molecule has 4 unspecified atom stereocenters. The summed E-state index contributed by atoms with van der Waals surface area (Å²) in [5.41, 5.74) is 4.17. The number of aliphatic hydroxyl groups is 1. The third-order valence-electron chi connectivity index (χ3n) is 5.82. The lowest BCUT2D eigenvalue weighted by Crippen LogP contribution is -2.49. The van der Waals surface area contributed by atoms with Crippen LogP contribution < -0.4 is 0 Å². The number of aromatic nitrogens is 1. The molecular weight excluding hydrogens is 272 g/mol. The predicted molar refractivity (Wildman–Crippen MR) is 90.0 cm³/mol. The molecule has 1 aromatic heterocycles. The first-order valence-corrected chi connectivity index (χ1v) is 8.75. The molecule has 0 radical (unpaired) electrons. The van der Waals surface area contributed by atoms with Gasteiger partial charge in [0.05, 0.1) is 6.10 Å². The summed E-state index contributed by atoms with van der Waals surface area (Å²) in [5.74, 6) is 0.878. The summed E-state index contributed by atoms with van der Waals surface area (Å²) in [6.45, 7) is 5.46. The van der Waals surface area contributed by atoms with Crippen molar-refractivity contribution in [2.75, 3.05) is 19.6 Å². The van der Waals surface area contributed by atoms with E-state index in [2.05, 4.69) is 41.1 Å². The molecule has 4 atom stereocenters. The van der Waals surface area contributed by atoms with Crippen LogP contribution in [0.1, 0.15) is 31.0 Å². The van der Waals surface area contributed by atoms with Gasteiger partial charge in [-0.15, -0.1) is 0 Å². The van der Waals surface area contributed by atoms with Gasteiger partial charge in [-0.2, -0.15) is 0 Å². The third kappa shape index (κ3) is 2.37. The Morgan fingerprint density at radius 2 is 2.09 bits per heavy atom. The van der Waals surface area contributed by atoms with E-state index in [4.69, 9.17) is 0 Å². The zero-order valence-electron chi connectivity index (χ0n) is 13.4. The van der Waals surface area contributed by atoms with Gasteiger partial charge in [0.1, 0.15) is 0 Å². The number of hydrogen-bond acceptors (Lipinski definition) is 2. The number of fused-ring (bicyclic) bond motifs is 5. The second-order valence-electron chi connectivity index (χ2n) is 7.09. The Bertz CT molecular complexity index is 662. The van der Waals surface area contributed by atoms with Crippen molar-refractivity contribution in [1.82, 2.24) is 9.88 Å². The van der Waals surface area contributed by atoms with Crippen molar-refractivity contribution < 1.29 is 5.11 Å². The van der Waals surface area contributed by atoms with Crippen LogP contribution in [0.2, 0.25) is 0 Å². The zero-order chi connectivity index (χ0) is 15.1. The largest absolute Gasteiger partial charge is 0.392 e. The summed E-state index contributed by atoms with van der Waals surface area (Å²) in [6.07, 6.45) is 4.25. The molecule has 4 rings (SSSR count). The maximum absolute atomic E-state index is 10.6. The van der Waals surface area contributed by atoms with Crippen molar-refractivity contribution in [3.8, 4) is 0 Å². The summed E-state index contributed by atoms with van der Waals surface area (Å²) in [5, 5.41) is 12.0. The van der Waals surface area contributed by atoms with Crippen LogP contribution in [0.4, 0.5) is 0 Å². The number of benzene rings is 1. The predicted octanol–water partition coefficient (Wildman–Crippen LogP) is 2.98. The van der Waals surface area contributed by atoms with Gasteiger partial charge in [0.2, 0.25) is 0 Å². The number of aryl methyl sites for hydroxylation is 1. The molecule has 1 saturated heterocycles. The molecular formula is C19H26N2O. The first kappa shape index (κ1) is 14.3. The number of hydrogen-bond donors (Lipinski definition) is 2. The fourth-order valence-corrected chi connectivity index (χ4v) is 4.51. The van der Waals surface area contributed by atoms with E-state index in [1.165, 1.54) is 22.2 Å². The molecule has 0 aliphatic carbocycles.